The van der Waals surface area contributed by atoms with Gasteiger partial charge < -0.3 is 16.2 Å². The number of guanidine groups is 1. The summed E-state index contributed by atoms with van der Waals surface area (Å²) in [4.78, 5) is 17.5. The van der Waals surface area contributed by atoms with Gasteiger partial charge in [0.05, 0.1) is 12.1 Å². The molecular formula is C24H30N4O2. The van der Waals surface area contributed by atoms with E-state index in [1.54, 1.807) is 14.2 Å². The summed E-state index contributed by atoms with van der Waals surface area (Å²) in [5.74, 6) is 0.255. The molecule has 0 heterocycles. The van der Waals surface area contributed by atoms with Gasteiger partial charge in [0.2, 0.25) is 6.41 Å². The van der Waals surface area contributed by atoms with Crippen LogP contribution in [-0.4, -0.2) is 37.5 Å². The molecule has 2 aliphatic rings. The van der Waals surface area contributed by atoms with Crippen molar-refractivity contribution in [3.8, 4) is 11.1 Å². The number of benzene rings is 2. The summed E-state index contributed by atoms with van der Waals surface area (Å²) in [5, 5.41) is 0. The minimum absolute atomic E-state index is 0.0139. The van der Waals surface area contributed by atoms with Crippen molar-refractivity contribution in [2.75, 3.05) is 19.9 Å². The molecule has 2 aliphatic carbocycles. The number of hydrogen-bond donors (Lipinski definition) is 2. The molecule has 4 rings (SSSR count). The quantitative estimate of drug-likeness (QED) is 0.352. The van der Waals surface area contributed by atoms with Crippen LogP contribution < -0.4 is 11.5 Å². The molecule has 1 unspecified atom stereocenters. The lowest BCUT2D eigenvalue weighted by Crippen LogP contribution is -2.37. The highest BCUT2D eigenvalue weighted by atomic mass is 16.5. The van der Waals surface area contributed by atoms with Gasteiger partial charge in [0.1, 0.15) is 0 Å². The Morgan fingerprint density at radius 2 is 1.93 bits per heavy atom. The van der Waals surface area contributed by atoms with Crippen LogP contribution in [0.3, 0.4) is 0 Å². The molecule has 6 nitrogen and oxygen atoms in total. The van der Waals surface area contributed by atoms with Crippen LogP contribution in [0.15, 0.2) is 47.5 Å². The van der Waals surface area contributed by atoms with Crippen LogP contribution in [0.25, 0.3) is 11.1 Å². The largest absolute Gasteiger partial charge is 0.399 e. The summed E-state index contributed by atoms with van der Waals surface area (Å²) in [6.45, 7) is 0. The van der Waals surface area contributed by atoms with E-state index in [0.29, 0.717) is 12.5 Å². The Morgan fingerprint density at radius 1 is 1.20 bits per heavy atom. The number of nitrogens with zero attached hydrogens (tertiary/aromatic N) is 2. The highest BCUT2D eigenvalue weighted by Crippen LogP contribution is 2.56. The first kappa shape index (κ1) is 20.4. The normalized spacial score (nSPS) is 25.9. The molecule has 0 aromatic heterocycles. The van der Waals surface area contributed by atoms with Gasteiger partial charge in [-0.3, -0.25) is 9.69 Å². The molecule has 2 aromatic carbocycles. The van der Waals surface area contributed by atoms with Crippen molar-refractivity contribution in [1.82, 2.24) is 4.90 Å². The van der Waals surface area contributed by atoms with Gasteiger partial charge in [-0.15, -0.1) is 0 Å². The molecular weight excluding hydrogens is 376 g/mol. The number of nitrogen functional groups attached to an aromatic ring is 1. The van der Waals surface area contributed by atoms with E-state index in [1.807, 2.05) is 18.2 Å². The maximum atomic E-state index is 11.2. The first-order chi connectivity index (χ1) is 14.5. The lowest BCUT2D eigenvalue weighted by atomic mass is 9.68. The highest BCUT2D eigenvalue weighted by Gasteiger charge is 2.48. The van der Waals surface area contributed by atoms with Gasteiger partial charge in [-0.05, 0) is 72.6 Å². The number of fused-ring (bicyclic) bond motifs is 1. The average Bonchev–Trinajstić information content (AvgIpc) is 3.05. The van der Waals surface area contributed by atoms with Crippen molar-refractivity contribution < 1.29 is 9.53 Å². The zero-order chi connectivity index (χ0) is 21.3. The molecule has 0 saturated heterocycles. The molecule has 2 aromatic rings. The third-order valence-corrected chi connectivity index (χ3v) is 6.83. The van der Waals surface area contributed by atoms with E-state index in [0.717, 1.165) is 48.9 Å². The van der Waals surface area contributed by atoms with Gasteiger partial charge in [0, 0.05) is 25.3 Å². The predicted octanol–water partition coefficient (Wildman–Crippen LogP) is 3.51. The van der Waals surface area contributed by atoms with Gasteiger partial charge in [0.25, 0.3) is 0 Å². The molecule has 158 valence electrons. The number of aliphatic imine (C=N–C) groups is 1. The summed E-state index contributed by atoms with van der Waals surface area (Å²) in [5.41, 5.74) is 17.7. The topological polar surface area (TPSA) is 93.9 Å². The van der Waals surface area contributed by atoms with Gasteiger partial charge in [-0.2, -0.15) is 0 Å². The fourth-order valence-electron chi connectivity index (χ4n) is 5.05. The number of anilines is 1. The highest BCUT2D eigenvalue weighted by molar-refractivity contribution is 5.87. The van der Waals surface area contributed by atoms with Crippen molar-refractivity contribution in [3.05, 3.63) is 53.6 Å². The fourth-order valence-corrected chi connectivity index (χ4v) is 5.05. The first-order valence-corrected chi connectivity index (χ1v) is 10.5. The molecule has 0 radical (unpaired) electrons. The monoisotopic (exact) mass is 406 g/mol. The van der Waals surface area contributed by atoms with Crippen LogP contribution >= 0.6 is 0 Å². The lowest BCUT2D eigenvalue weighted by molar-refractivity contribution is -0.114. The van der Waals surface area contributed by atoms with Crippen molar-refractivity contribution in [3.63, 3.8) is 0 Å². The second kappa shape index (κ2) is 8.11. The molecule has 0 aliphatic heterocycles. The molecule has 1 spiro atoms. The van der Waals surface area contributed by atoms with Crippen LogP contribution in [0, 0.1) is 5.41 Å². The molecule has 1 amide bonds. The van der Waals surface area contributed by atoms with Gasteiger partial charge in [-0.25, -0.2) is 4.99 Å². The fraction of sp³-hybridized carbons (Fsp3) is 0.417. The summed E-state index contributed by atoms with van der Waals surface area (Å²) < 4.78 is 5.60. The minimum atomic E-state index is -0.0753. The standard InChI is InChI=1S/C24H30N4O2/c1-28(15-29)23(26)27-22-21-13-17(16-4-3-5-19(25)12-16)6-7-18(21)14-24(22)10-8-20(30-2)9-11-24/h3-7,12-13,15,20,22H,8-11,14,25H2,1-2H3,(H2,26,27). The molecule has 1 saturated carbocycles. The Hall–Kier alpha value is -2.86. The Morgan fingerprint density at radius 3 is 2.60 bits per heavy atom. The maximum absolute atomic E-state index is 11.2. The number of ether oxygens (including phenoxy) is 1. The number of carbonyl (C=O) groups excluding carboxylic acids is 1. The Balaban J connectivity index is 1.76. The first-order valence-electron chi connectivity index (χ1n) is 10.5. The minimum Gasteiger partial charge on any atom is -0.399 e. The van der Waals surface area contributed by atoms with E-state index in [4.69, 9.17) is 21.2 Å². The number of methoxy groups -OCH3 is 1. The molecule has 1 fully saturated rings. The molecule has 1 atom stereocenters. The number of amides is 1. The van der Waals surface area contributed by atoms with Crippen molar-refractivity contribution in [2.24, 2.45) is 16.1 Å². The number of nitrogens with two attached hydrogens (primary N) is 2. The van der Waals surface area contributed by atoms with Crippen molar-refractivity contribution in [2.45, 2.75) is 44.2 Å². The van der Waals surface area contributed by atoms with E-state index in [-0.39, 0.29) is 17.4 Å². The summed E-state index contributed by atoms with van der Waals surface area (Å²) in [7, 11) is 3.43. The van der Waals surface area contributed by atoms with Crippen LogP contribution in [0.1, 0.15) is 42.9 Å². The zero-order valence-electron chi connectivity index (χ0n) is 17.7. The molecule has 30 heavy (non-hydrogen) atoms. The van der Waals surface area contributed by atoms with Crippen LogP contribution in [0.5, 0.6) is 0 Å². The molecule has 0 bridgehead atoms. The maximum Gasteiger partial charge on any atom is 0.216 e. The third-order valence-electron chi connectivity index (χ3n) is 6.83. The summed E-state index contributed by atoms with van der Waals surface area (Å²) in [6, 6.07) is 14.4. The lowest BCUT2D eigenvalue weighted by Gasteiger charge is -2.40. The number of rotatable bonds is 4. The average molecular weight is 407 g/mol. The van der Waals surface area contributed by atoms with Gasteiger partial charge >= 0.3 is 0 Å². The van der Waals surface area contributed by atoms with Crippen LogP contribution in [0.2, 0.25) is 0 Å². The Bertz CT molecular complexity index is 963. The van der Waals surface area contributed by atoms with Gasteiger partial charge in [0.15, 0.2) is 5.96 Å². The van der Waals surface area contributed by atoms with E-state index >= 15 is 0 Å². The smallest absolute Gasteiger partial charge is 0.216 e. The van der Waals surface area contributed by atoms with E-state index in [9.17, 15) is 4.79 Å². The predicted molar refractivity (Wildman–Crippen MR) is 120 cm³/mol. The number of hydrogen-bond acceptors (Lipinski definition) is 4. The molecule has 4 N–H and O–H groups in total. The Kier molecular flexibility index (Phi) is 5.52. The number of carbonyl (C=O) groups is 1. The van der Waals surface area contributed by atoms with E-state index in [2.05, 4.69) is 24.3 Å². The second-order valence-corrected chi connectivity index (χ2v) is 8.62. The van der Waals surface area contributed by atoms with Gasteiger partial charge in [-0.1, -0.05) is 24.3 Å². The molecule has 6 heteroatoms. The SMILES string of the molecule is COC1CCC2(CC1)Cc1ccc(-c3cccc(N)c3)cc1C2N=C(N)N(C)C=O. The summed E-state index contributed by atoms with van der Waals surface area (Å²) in [6.07, 6.45) is 6.07. The zero-order valence-corrected chi connectivity index (χ0v) is 17.7. The van der Waals surface area contributed by atoms with E-state index < -0.39 is 0 Å². The third kappa shape index (κ3) is 3.67. The van der Waals surface area contributed by atoms with Crippen molar-refractivity contribution in [1.29, 1.82) is 0 Å². The Labute approximate surface area is 177 Å². The summed E-state index contributed by atoms with van der Waals surface area (Å²) >= 11 is 0. The van der Waals surface area contributed by atoms with Crippen LogP contribution in [-0.2, 0) is 16.0 Å². The second-order valence-electron chi connectivity index (χ2n) is 8.62. The van der Waals surface area contributed by atoms with Crippen molar-refractivity contribution >= 4 is 18.1 Å². The van der Waals surface area contributed by atoms with Crippen LogP contribution in [0.4, 0.5) is 5.69 Å². The van der Waals surface area contributed by atoms with E-state index in [1.165, 1.54) is 16.0 Å².